The topological polar surface area (TPSA) is 86.9 Å². The van der Waals surface area contributed by atoms with Gasteiger partial charge in [0.2, 0.25) is 5.91 Å². The quantitative estimate of drug-likeness (QED) is 0.543. The van der Waals surface area contributed by atoms with Crippen molar-refractivity contribution in [2.45, 2.75) is 44.9 Å². The normalized spacial score (nSPS) is 21.3. The molecule has 3 N–H and O–H groups in total. The Morgan fingerprint density at radius 1 is 1.34 bits per heavy atom. The zero-order valence-corrected chi connectivity index (χ0v) is 18.5. The third kappa shape index (κ3) is 5.78. The van der Waals surface area contributed by atoms with Crippen LogP contribution in [0.1, 0.15) is 38.7 Å². The number of primary amides is 1. The molecule has 3 rings (SSSR count). The molecular weight excluding hydrogens is 384 g/mol. The molecule has 1 amide bonds. The Labute approximate surface area is 178 Å². The first kappa shape index (κ1) is 21.7. The van der Waals surface area contributed by atoms with Gasteiger partial charge in [0.05, 0.1) is 6.54 Å². The zero-order chi connectivity index (χ0) is 20.6. The number of nitrogens with zero attached hydrogens (tertiary/aromatic N) is 4. The zero-order valence-electron chi connectivity index (χ0n) is 17.6. The highest BCUT2D eigenvalue weighted by Gasteiger charge is 2.25. The monoisotopic (exact) mass is 418 g/mol. The number of aliphatic imine (C=N–C) groups is 1. The van der Waals surface area contributed by atoms with Gasteiger partial charge in [-0.2, -0.15) is 11.8 Å². The molecule has 1 atom stereocenters. The van der Waals surface area contributed by atoms with Crippen LogP contribution in [0.5, 0.6) is 0 Å². The van der Waals surface area contributed by atoms with Gasteiger partial charge in [-0.15, -0.1) is 0 Å². The molecule has 0 radical (unpaired) electrons. The molecule has 0 saturated carbocycles. The van der Waals surface area contributed by atoms with Gasteiger partial charge in [0, 0.05) is 61.4 Å². The Hall–Kier alpha value is -1.96. The van der Waals surface area contributed by atoms with Crippen molar-refractivity contribution in [3.8, 4) is 0 Å². The molecule has 2 saturated heterocycles. The van der Waals surface area contributed by atoms with Crippen molar-refractivity contribution in [3.05, 3.63) is 23.9 Å². The molecule has 8 heteroatoms. The van der Waals surface area contributed by atoms with E-state index in [2.05, 4.69) is 51.8 Å². The second-order valence-corrected chi connectivity index (χ2v) is 9.08. The molecular formula is C21H34N6OS. The highest BCUT2D eigenvalue weighted by molar-refractivity contribution is 8.00. The number of nitrogens with two attached hydrogens (primary N) is 1. The first-order valence-corrected chi connectivity index (χ1v) is 11.8. The van der Waals surface area contributed by atoms with E-state index in [0.717, 1.165) is 68.7 Å². The first-order valence-electron chi connectivity index (χ1n) is 10.7. The maximum atomic E-state index is 11.5. The van der Waals surface area contributed by atoms with Crippen LogP contribution in [0.3, 0.4) is 0 Å². The van der Waals surface area contributed by atoms with Crippen LogP contribution in [-0.2, 0) is 11.3 Å². The number of aromatic nitrogens is 1. The number of anilines is 1. The van der Waals surface area contributed by atoms with Crippen LogP contribution < -0.4 is 16.0 Å². The minimum atomic E-state index is -0.184. The van der Waals surface area contributed by atoms with E-state index < -0.39 is 0 Å². The van der Waals surface area contributed by atoms with Crippen LogP contribution in [0, 0.1) is 5.92 Å². The van der Waals surface area contributed by atoms with Gasteiger partial charge in [-0.05, 0) is 32.3 Å². The lowest BCUT2D eigenvalue weighted by Gasteiger charge is -2.34. The number of hydrogen-bond donors (Lipinski definition) is 2. The molecule has 2 aliphatic heterocycles. The lowest BCUT2D eigenvalue weighted by molar-refractivity contribution is -0.122. The van der Waals surface area contributed by atoms with Crippen LogP contribution in [-0.4, -0.2) is 65.5 Å². The van der Waals surface area contributed by atoms with Crippen molar-refractivity contribution in [3.63, 3.8) is 0 Å². The van der Waals surface area contributed by atoms with E-state index in [4.69, 9.17) is 10.7 Å². The van der Waals surface area contributed by atoms with E-state index in [-0.39, 0.29) is 11.8 Å². The van der Waals surface area contributed by atoms with Gasteiger partial charge in [0.1, 0.15) is 5.82 Å². The molecule has 2 fully saturated rings. The number of carbonyl (C=O) groups is 1. The maximum Gasteiger partial charge on any atom is 0.220 e. The molecule has 0 bridgehead atoms. The highest BCUT2D eigenvalue weighted by Crippen LogP contribution is 2.25. The summed E-state index contributed by atoms with van der Waals surface area (Å²) in [7, 11) is 0. The Morgan fingerprint density at radius 2 is 2.14 bits per heavy atom. The highest BCUT2D eigenvalue weighted by atomic mass is 32.2. The van der Waals surface area contributed by atoms with Gasteiger partial charge >= 0.3 is 0 Å². The minimum absolute atomic E-state index is 0.0136. The SMILES string of the molecule is CCNC(=NCc1cccnc1N1CCC(C(N)=O)CC1)N1CCSC(CC)C1. The van der Waals surface area contributed by atoms with Crippen LogP contribution >= 0.6 is 11.8 Å². The lowest BCUT2D eigenvalue weighted by atomic mass is 9.96. The fourth-order valence-corrected chi connectivity index (χ4v) is 5.14. The summed E-state index contributed by atoms with van der Waals surface area (Å²) in [5.74, 6) is 2.93. The summed E-state index contributed by atoms with van der Waals surface area (Å²) in [4.78, 5) is 25.7. The number of nitrogens with one attached hydrogen (secondary N) is 1. The number of thioether (sulfide) groups is 1. The number of hydrogen-bond acceptors (Lipinski definition) is 5. The second kappa shape index (κ2) is 10.7. The van der Waals surface area contributed by atoms with E-state index in [1.54, 1.807) is 0 Å². The molecule has 0 aromatic carbocycles. The van der Waals surface area contributed by atoms with Crippen molar-refractivity contribution in [1.29, 1.82) is 0 Å². The van der Waals surface area contributed by atoms with E-state index >= 15 is 0 Å². The van der Waals surface area contributed by atoms with Crippen molar-refractivity contribution in [1.82, 2.24) is 15.2 Å². The summed E-state index contributed by atoms with van der Waals surface area (Å²) in [6, 6.07) is 4.08. The van der Waals surface area contributed by atoms with Gasteiger partial charge in [0.15, 0.2) is 5.96 Å². The molecule has 0 spiro atoms. The number of carbonyl (C=O) groups excluding carboxylic acids is 1. The molecule has 7 nitrogen and oxygen atoms in total. The van der Waals surface area contributed by atoms with Crippen LogP contribution in [0.2, 0.25) is 0 Å². The van der Waals surface area contributed by atoms with Gasteiger partial charge in [-0.1, -0.05) is 13.0 Å². The van der Waals surface area contributed by atoms with Crippen LogP contribution in [0.25, 0.3) is 0 Å². The predicted octanol–water partition coefficient (Wildman–Crippen LogP) is 2.08. The number of piperidine rings is 1. The van der Waals surface area contributed by atoms with Gasteiger partial charge in [-0.3, -0.25) is 4.79 Å². The fourth-order valence-electron chi connectivity index (χ4n) is 3.96. The maximum absolute atomic E-state index is 11.5. The molecule has 3 heterocycles. The summed E-state index contributed by atoms with van der Waals surface area (Å²) in [5, 5.41) is 4.14. The third-order valence-electron chi connectivity index (χ3n) is 5.69. The van der Waals surface area contributed by atoms with Gasteiger partial charge in [0.25, 0.3) is 0 Å². The summed E-state index contributed by atoms with van der Waals surface area (Å²) in [5.41, 5.74) is 6.60. The van der Waals surface area contributed by atoms with E-state index in [1.807, 2.05) is 12.3 Å². The smallest absolute Gasteiger partial charge is 0.220 e. The largest absolute Gasteiger partial charge is 0.369 e. The van der Waals surface area contributed by atoms with E-state index in [0.29, 0.717) is 11.8 Å². The number of amides is 1. The van der Waals surface area contributed by atoms with Gasteiger partial charge < -0.3 is 20.9 Å². The third-order valence-corrected chi connectivity index (χ3v) is 7.06. The summed E-state index contributed by atoms with van der Waals surface area (Å²) in [6.45, 7) is 9.53. The molecule has 1 aromatic rings. The average Bonchev–Trinajstić information content (AvgIpc) is 2.77. The first-order chi connectivity index (χ1) is 14.1. The van der Waals surface area contributed by atoms with Crippen molar-refractivity contribution in [2.24, 2.45) is 16.6 Å². The van der Waals surface area contributed by atoms with E-state index in [1.165, 1.54) is 6.42 Å². The summed E-state index contributed by atoms with van der Waals surface area (Å²) in [6.07, 6.45) is 4.61. The molecule has 1 unspecified atom stereocenters. The van der Waals surface area contributed by atoms with Gasteiger partial charge in [-0.25, -0.2) is 9.98 Å². The van der Waals surface area contributed by atoms with Crippen LogP contribution in [0.4, 0.5) is 5.82 Å². The molecule has 29 heavy (non-hydrogen) atoms. The van der Waals surface area contributed by atoms with Crippen LogP contribution in [0.15, 0.2) is 23.3 Å². The average molecular weight is 419 g/mol. The summed E-state index contributed by atoms with van der Waals surface area (Å²) >= 11 is 2.07. The fraction of sp³-hybridized carbons (Fsp3) is 0.667. The minimum Gasteiger partial charge on any atom is -0.369 e. The predicted molar refractivity (Wildman–Crippen MR) is 121 cm³/mol. The van der Waals surface area contributed by atoms with Crippen molar-refractivity contribution in [2.75, 3.05) is 43.4 Å². The molecule has 2 aliphatic rings. The standard InChI is InChI=1S/C21H34N6OS/c1-3-18-15-27(12-13-29-18)21(23-4-2)25-14-17-6-5-9-24-20(17)26-10-7-16(8-11-26)19(22)28/h5-6,9,16,18H,3-4,7-8,10-15H2,1-2H3,(H2,22,28)(H,23,25). The Bertz CT molecular complexity index is 704. The van der Waals surface area contributed by atoms with E-state index in [9.17, 15) is 4.79 Å². The summed E-state index contributed by atoms with van der Waals surface area (Å²) < 4.78 is 0. The van der Waals surface area contributed by atoms with Crippen molar-refractivity contribution >= 4 is 29.4 Å². The Morgan fingerprint density at radius 3 is 2.83 bits per heavy atom. The molecule has 160 valence electrons. The molecule has 1 aromatic heterocycles. The number of rotatable bonds is 6. The number of guanidine groups is 1. The Balaban J connectivity index is 1.71. The lowest BCUT2D eigenvalue weighted by Crippen LogP contribution is -2.48. The van der Waals surface area contributed by atoms with Crippen molar-refractivity contribution < 1.29 is 4.79 Å². The molecule has 0 aliphatic carbocycles. The number of pyridine rings is 1. The second-order valence-electron chi connectivity index (χ2n) is 7.67. The Kier molecular flexibility index (Phi) is 8.03.